The summed E-state index contributed by atoms with van der Waals surface area (Å²) < 4.78 is 11.3. The van der Waals surface area contributed by atoms with E-state index in [0.717, 1.165) is 29.7 Å². The van der Waals surface area contributed by atoms with Gasteiger partial charge in [-0.3, -0.25) is 4.79 Å². The van der Waals surface area contributed by atoms with Crippen LogP contribution in [0.15, 0.2) is 24.7 Å². The van der Waals surface area contributed by atoms with E-state index < -0.39 is 0 Å². The lowest BCUT2D eigenvalue weighted by molar-refractivity contribution is -0.105. The second kappa shape index (κ2) is 16.9. The molecule has 3 aromatic heterocycles. The first-order chi connectivity index (χ1) is 20.1. The smallest absolute Gasteiger partial charge is 0.228 e. The van der Waals surface area contributed by atoms with E-state index in [1.807, 2.05) is 26.1 Å². The Morgan fingerprint density at radius 1 is 1.00 bits per heavy atom. The number of aromatic amines is 1. The quantitative estimate of drug-likeness (QED) is 0.321. The fourth-order valence-electron chi connectivity index (χ4n) is 4.48. The van der Waals surface area contributed by atoms with Crippen molar-refractivity contribution >= 4 is 23.3 Å². The van der Waals surface area contributed by atoms with Crippen LogP contribution in [0.1, 0.15) is 66.7 Å². The van der Waals surface area contributed by atoms with Crippen LogP contribution >= 0.6 is 0 Å². The molecule has 6 rings (SSSR count). The number of likely N-dealkylation sites (N-methyl/N-ethyl adjacent to an activating group) is 1. The SMILES string of the molecule is CC.CCC.CCN1CCN(CC2CC2)CC1.COc1ncnc(OC2CC2)c1-c1c[nH]c2nc(NC=O)ccc12. The average Bonchev–Trinajstić information content (AvgIpc) is 3.95. The number of amides is 1. The van der Waals surface area contributed by atoms with Gasteiger partial charge >= 0.3 is 0 Å². The highest BCUT2D eigenvalue weighted by Crippen LogP contribution is 2.41. The van der Waals surface area contributed by atoms with Gasteiger partial charge in [-0.25, -0.2) is 15.0 Å². The van der Waals surface area contributed by atoms with Crippen molar-refractivity contribution in [2.24, 2.45) is 5.92 Å². The molecule has 2 saturated carbocycles. The Bertz CT molecular complexity index is 1190. The number of methoxy groups -OCH3 is 1. The van der Waals surface area contributed by atoms with Gasteiger partial charge < -0.3 is 29.6 Å². The monoisotopic (exact) mass is 567 g/mol. The van der Waals surface area contributed by atoms with Gasteiger partial charge in [0.1, 0.15) is 29.5 Å². The van der Waals surface area contributed by atoms with E-state index in [1.54, 1.807) is 13.2 Å². The van der Waals surface area contributed by atoms with E-state index in [9.17, 15) is 4.79 Å². The number of piperazine rings is 1. The zero-order valence-electron chi connectivity index (χ0n) is 25.8. The maximum Gasteiger partial charge on any atom is 0.228 e. The molecule has 0 bridgehead atoms. The summed E-state index contributed by atoms with van der Waals surface area (Å²) >= 11 is 0. The number of pyridine rings is 1. The zero-order valence-corrected chi connectivity index (χ0v) is 25.8. The second-order valence-corrected chi connectivity index (χ2v) is 10.3. The van der Waals surface area contributed by atoms with E-state index in [4.69, 9.17) is 9.47 Å². The lowest BCUT2D eigenvalue weighted by Gasteiger charge is -2.33. The van der Waals surface area contributed by atoms with Crippen LogP contribution in [-0.4, -0.2) is 88.6 Å². The van der Waals surface area contributed by atoms with Gasteiger partial charge in [-0.15, -0.1) is 0 Å². The third-order valence-electron chi connectivity index (χ3n) is 6.91. The fraction of sp³-hybridized carbons (Fsp3) is 0.613. The average molecular weight is 568 g/mol. The molecule has 3 fully saturated rings. The number of ether oxygens (including phenoxy) is 2. The molecule has 1 aliphatic heterocycles. The molecule has 2 aliphatic carbocycles. The molecule has 3 aliphatic rings. The first kappa shape index (κ1) is 32.3. The Hall–Kier alpha value is -3.24. The van der Waals surface area contributed by atoms with Crippen LogP contribution < -0.4 is 14.8 Å². The van der Waals surface area contributed by atoms with Crippen LogP contribution in [0, 0.1) is 5.92 Å². The van der Waals surface area contributed by atoms with Gasteiger partial charge in [0.25, 0.3) is 0 Å². The van der Waals surface area contributed by atoms with Crippen LogP contribution in [-0.2, 0) is 4.79 Å². The first-order valence-corrected chi connectivity index (χ1v) is 15.3. The number of hydrogen-bond acceptors (Lipinski definition) is 8. The maximum atomic E-state index is 10.6. The highest BCUT2D eigenvalue weighted by atomic mass is 16.5. The van der Waals surface area contributed by atoms with Crippen LogP contribution in [0.2, 0.25) is 0 Å². The minimum absolute atomic E-state index is 0.204. The lowest BCUT2D eigenvalue weighted by atomic mass is 10.1. The number of fused-ring (bicyclic) bond motifs is 1. The van der Waals surface area contributed by atoms with Gasteiger partial charge in [0, 0.05) is 49.9 Å². The number of carbonyl (C=O) groups excluding carboxylic acids is 1. The summed E-state index contributed by atoms with van der Waals surface area (Å²) in [7, 11) is 1.56. The predicted molar refractivity (Wildman–Crippen MR) is 166 cm³/mol. The molecule has 226 valence electrons. The molecule has 10 heteroatoms. The van der Waals surface area contributed by atoms with Gasteiger partial charge in [-0.1, -0.05) is 41.0 Å². The van der Waals surface area contributed by atoms with Gasteiger partial charge in [0.05, 0.1) is 7.11 Å². The van der Waals surface area contributed by atoms with E-state index in [1.165, 1.54) is 64.9 Å². The Labute approximate surface area is 245 Å². The molecule has 0 spiro atoms. The Balaban J connectivity index is 0.000000227. The van der Waals surface area contributed by atoms with Gasteiger partial charge in [0.2, 0.25) is 18.2 Å². The van der Waals surface area contributed by atoms with Crippen molar-refractivity contribution in [1.82, 2.24) is 29.7 Å². The van der Waals surface area contributed by atoms with E-state index in [-0.39, 0.29) is 6.10 Å². The number of nitrogens with one attached hydrogen (secondary N) is 2. The Morgan fingerprint density at radius 3 is 2.24 bits per heavy atom. The number of aromatic nitrogens is 4. The first-order valence-electron chi connectivity index (χ1n) is 15.3. The third-order valence-corrected chi connectivity index (χ3v) is 6.91. The van der Waals surface area contributed by atoms with Crippen molar-refractivity contribution < 1.29 is 14.3 Å². The zero-order chi connectivity index (χ0) is 29.6. The minimum Gasteiger partial charge on any atom is -0.480 e. The summed E-state index contributed by atoms with van der Waals surface area (Å²) in [6, 6.07) is 3.60. The molecule has 1 amide bonds. The number of hydrogen-bond donors (Lipinski definition) is 2. The third kappa shape index (κ3) is 9.67. The second-order valence-electron chi connectivity index (χ2n) is 10.3. The molecule has 41 heavy (non-hydrogen) atoms. The highest BCUT2D eigenvalue weighted by Gasteiger charge is 2.28. The highest BCUT2D eigenvalue weighted by molar-refractivity contribution is 5.97. The van der Waals surface area contributed by atoms with Gasteiger partial charge in [-0.05, 0) is 50.3 Å². The van der Waals surface area contributed by atoms with E-state index >= 15 is 0 Å². The normalized spacial score (nSPS) is 16.7. The standard InChI is InChI=1S/C16H15N5O3.C10H20N2.C3H8.C2H6/c1-23-15-13(16(19-7-18-15)24-9-2-3-9)11-6-17-14-10(11)4-5-12(21-14)20-8-22;1-2-11-5-7-12(8-6-11)9-10-3-4-10;1-3-2;1-2/h4-9H,2-3H2,1H3,(H2,17,20,21,22);10H,2-9H2,1H3;3H2,1-2H3;1-2H3. The summed E-state index contributed by atoms with van der Waals surface area (Å²) in [5, 5.41) is 3.39. The number of nitrogens with zero attached hydrogens (tertiary/aromatic N) is 5. The largest absolute Gasteiger partial charge is 0.480 e. The number of rotatable bonds is 9. The lowest BCUT2D eigenvalue weighted by Crippen LogP contribution is -2.46. The van der Waals surface area contributed by atoms with E-state index in [0.29, 0.717) is 35.2 Å². The molecule has 1 saturated heterocycles. The van der Waals surface area contributed by atoms with Crippen LogP contribution in [0.5, 0.6) is 11.8 Å². The van der Waals surface area contributed by atoms with Crippen LogP contribution in [0.3, 0.4) is 0 Å². The predicted octanol–water partition coefficient (Wildman–Crippen LogP) is 5.61. The van der Waals surface area contributed by atoms with Crippen LogP contribution in [0.4, 0.5) is 5.82 Å². The topological polar surface area (TPSA) is 108 Å². The minimum atomic E-state index is 0.204. The molecule has 2 N–H and O–H groups in total. The molecule has 0 radical (unpaired) electrons. The van der Waals surface area contributed by atoms with Crippen molar-refractivity contribution in [3.8, 4) is 22.9 Å². The molecule has 0 unspecified atom stereocenters. The summed E-state index contributed by atoms with van der Waals surface area (Å²) in [5.74, 6) is 2.48. The Kier molecular flexibility index (Phi) is 13.3. The van der Waals surface area contributed by atoms with Crippen molar-refractivity contribution in [2.75, 3.05) is 51.7 Å². The molecular weight excluding hydrogens is 518 g/mol. The molecule has 0 atom stereocenters. The van der Waals surface area contributed by atoms with Crippen molar-refractivity contribution in [3.63, 3.8) is 0 Å². The number of anilines is 1. The number of H-pyrrole nitrogens is 1. The van der Waals surface area contributed by atoms with Gasteiger partial charge in [0.15, 0.2) is 0 Å². The summed E-state index contributed by atoms with van der Waals surface area (Å²) in [5.41, 5.74) is 2.17. The molecule has 0 aromatic carbocycles. The van der Waals surface area contributed by atoms with E-state index in [2.05, 4.69) is 55.8 Å². The van der Waals surface area contributed by atoms with Gasteiger partial charge in [-0.2, -0.15) is 0 Å². The van der Waals surface area contributed by atoms with Crippen molar-refractivity contribution in [2.45, 2.75) is 72.8 Å². The van der Waals surface area contributed by atoms with Crippen molar-refractivity contribution in [1.29, 1.82) is 0 Å². The molecular formula is C31H49N7O3. The Morgan fingerprint density at radius 2 is 1.66 bits per heavy atom. The molecule has 10 nitrogen and oxygen atoms in total. The summed E-state index contributed by atoms with van der Waals surface area (Å²) in [6.07, 6.45) is 10.3. The van der Waals surface area contributed by atoms with Crippen LogP contribution in [0.25, 0.3) is 22.2 Å². The summed E-state index contributed by atoms with van der Waals surface area (Å²) in [4.78, 5) is 31.7. The molecule has 4 heterocycles. The molecule has 3 aromatic rings. The maximum absolute atomic E-state index is 10.6. The number of carbonyl (C=O) groups is 1. The fourth-order valence-corrected chi connectivity index (χ4v) is 4.48. The van der Waals surface area contributed by atoms with Crippen molar-refractivity contribution in [3.05, 3.63) is 24.7 Å². The summed E-state index contributed by atoms with van der Waals surface area (Å²) in [6.45, 7) is 18.3.